The topological polar surface area (TPSA) is 51.5 Å². The van der Waals surface area contributed by atoms with Gasteiger partial charge in [-0.1, -0.05) is 12.1 Å². The van der Waals surface area contributed by atoms with Gasteiger partial charge in [0.2, 0.25) is 0 Å². The van der Waals surface area contributed by atoms with E-state index in [9.17, 15) is 9.18 Å². The number of amides is 1. The van der Waals surface area contributed by atoms with Gasteiger partial charge in [-0.2, -0.15) is 0 Å². The van der Waals surface area contributed by atoms with Crippen LogP contribution in [-0.2, 0) is 4.79 Å². The number of para-hydroxylation sites is 1. The van der Waals surface area contributed by atoms with E-state index in [4.69, 9.17) is 9.15 Å². The molecule has 1 N–H and O–H groups in total. The van der Waals surface area contributed by atoms with Crippen LogP contribution in [0.25, 0.3) is 0 Å². The molecule has 100 valence electrons. The van der Waals surface area contributed by atoms with Crippen molar-refractivity contribution in [1.82, 2.24) is 5.32 Å². The highest BCUT2D eigenvalue weighted by atomic mass is 19.1. The Bertz CT molecular complexity index is 539. The molecule has 0 radical (unpaired) electrons. The second kappa shape index (κ2) is 6.04. The fourth-order valence-electron chi connectivity index (χ4n) is 1.60. The van der Waals surface area contributed by atoms with Gasteiger partial charge in [0.25, 0.3) is 5.91 Å². The largest absolute Gasteiger partial charge is 0.481 e. The molecular formula is C14H14FNO3. The van der Waals surface area contributed by atoms with Crippen LogP contribution in [0, 0.1) is 5.82 Å². The second-order valence-corrected chi connectivity index (χ2v) is 4.02. The zero-order valence-corrected chi connectivity index (χ0v) is 10.4. The Hall–Kier alpha value is -2.30. The number of ether oxygens (including phenoxy) is 1. The third kappa shape index (κ3) is 3.58. The van der Waals surface area contributed by atoms with Crippen molar-refractivity contribution in [2.45, 2.75) is 13.0 Å². The van der Waals surface area contributed by atoms with Crippen molar-refractivity contribution in [2.24, 2.45) is 0 Å². The van der Waals surface area contributed by atoms with Crippen molar-refractivity contribution in [3.05, 3.63) is 54.2 Å². The number of rotatable bonds is 5. The highest BCUT2D eigenvalue weighted by Gasteiger charge is 2.12. The van der Waals surface area contributed by atoms with Crippen LogP contribution in [0.3, 0.4) is 0 Å². The van der Waals surface area contributed by atoms with Gasteiger partial charge in [-0.3, -0.25) is 4.79 Å². The Morgan fingerprint density at radius 3 is 2.84 bits per heavy atom. The van der Waals surface area contributed by atoms with Gasteiger partial charge in [0.15, 0.2) is 18.2 Å². The van der Waals surface area contributed by atoms with Gasteiger partial charge in [-0.15, -0.1) is 0 Å². The molecule has 1 amide bonds. The lowest BCUT2D eigenvalue weighted by Gasteiger charge is -2.12. The number of furan rings is 1. The molecule has 0 fully saturated rings. The summed E-state index contributed by atoms with van der Waals surface area (Å²) in [5.74, 6) is -0.121. The van der Waals surface area contributed by atoms with E-state index in [-0.39, 0.29) is 24.3 Å². The Morgan fingerprint density at radius 1 is 1.37 bits per heavy atom. The molecule has 2 rings (SSSR count). The molecule has 1 atom stereocenters. The molecule has 4 nitrogen and oxygen atoms in total. The van der Waals surface area contributed by atoms with Crippen molar-refractivity contribution in [3.63, 3.8) is 0 Å². The summed E-state index contributed by atoms with van der Waals surface area (Å²) in [6.45, 7) is 1.55. The first kappa shape index (κ1) is 13.1. The summed E-state index contributed by atoms with van der Waals surface area (Å²) < 4.78 is 23.5. The van der Waals surface area contributed by atoms with Crippen molar-refractivity contribution in [2.75, 3.05) is 6.61 Å². The van der Waals surface area contributed by atoms with E-state index in [0.717, 1.165) is 0 Å². The first-order valence-electron chi connectivity index (χ1n) is 5.87. The minimum absolute atomic E-state index is 0.0586. The van der Waals surface area contributed by atoms with Crippen molar-refractivity contribution >= 4 is 5.91 Å². The van der Waals surface area contributed by atoms with E-state index in [1.165, 1.54) is 18.4 Å². The Balaban J connectivity index is 1.84. The molecule has 0 unspecified atom stereocenters. The molecule has 0 saturated carbocycles. The molecule has 0 aliphatic heterocycles. The predicted molar refractivity (Wildman–Crippen MR) is 67.2 cm³/mol. The first-order chi connectivity index (χ1) is 9.16. The Morgan fingerprint density at radius 2 is 2.16 bits per heavy atom. The maximum Gasteiger partial charge on any atom is 0.258 e. The van der Waals surface area contributed by atoms with Gasteiger partial charge in [0.1, 0.15) is 5.76 Å². The van der Waals surface area contributed by atoms with Crippen LogP contribution >= 0.6 is 0 Å². The molecule has 0 aliphatic rings. The Labute approximate surface area is 110 Å². The summed E-state index contributed by atoms with van der Waals surface area (Å²) in [5, 5.41) is 2.69. The summed E-state index contributed by atoms with van der Waals surface area (Å²) in [6.07, 6.45) is 1.54. The minimum Gasteiger partial charge on any atom is -0.481 e. The second-order valence-electron chi connectivity index (χ2n) is 4.02. The van der Waals surface area contributed by atoms with Crippen LogP contribution in [0.2, 0.25) is 0 Å². The first-order valence-corrected chi connectivity index (χ1v) is 5.87. The molecule has 1 heterocycles. The Kier molecular flexibility index (Phi) is 4.18. The van der Waals surface area contributed by atoms with Gasteiger partial charge in [0.05, 0.1) is 12.3 Å². The van der Waals surface area contributed by atoms with Gasteiger partial charge in [0, 0.05) is 0 Å². The highest BCUT2D eigenvalue weighted by Crippen LogP contribution is 2.15. The smallest absolute Gasteiger partial charge is 0.258 e. The van der Waals surface area contributed by atoms with Gasteiger partial charge >= 0.3 is 0 Å². The monoisotopic (exact) mass is 263 g/mol. The van der Waals surface area contributed by atoms with Crippen molar-refractivity contribution < 1.29 is 18.3 Å². The number of halogens is 1. The molecule has 0 spiro atoms. The summed E-state index contributed by atoms with van der Waals surface area (Å²) in [7, 11) is 0. The quantitative estimate of drug-likeness (QED) is 0.902. The molecule has 1 aromatic carbocycles. The van der Waals surface area contributed by atoms with Crippen molar-refractivity contribution in [3.8, 4) is 5.75 Å². The molecule has 0 aliphatic carbocycles. The fourth-order valence-corrected chi connectivity index (χ4v) is 1.60. The molecule has 19 heavy (non-hydrogen) atoms. The highest BCUT2D eigenvalue weighted by molar-refractivity contribution is 5.77. The minimum atomic E-state index is -0.491. The number of nitrogens with one attached hydrogen (secondary N) is 1. The molecule has 0 saturated heterocycles. The number of hydrogen-bond acceptors (Lipinski definition) is 3. The van der Waals surface area contributed by atoms with E-state index in [1.807, 2.05) is 0 Å². The van der Waals surface area contributed by atoms with Gasteiger partial charge in [-0.05, 0) is 31.2 Å². The van der Waals surface area contributed by atoms with E-state index in [2.05, 4.69) is 5.32 Å². The number of carbonyl (C=O) groups excluding carboxylic acids is 1. The van der Waals surface area contributed by atoms with Crippen LogP contribution in [0.15, 0.2) is 47.1 Å². The predicted octanol–water partition coefficient (Wildman–Crippen LogP) is 2.67. The lowest BCUT2D eigenvalue weighted by Crippen LogP contribution is -2.31. The third-order valence-corrected chi connectivity index (χ3v) is 2.54. The molecule has 0 bridgehead atoms. The zero-order valence-electron chi connectivity index (χ0n) is 10.4. The summed E-state index contributed by atoms with van der Waals surface area (Å²) in [4.78, 5) is 11.6. The van der Waals surface area contributed by atoms with E-state index in [1.54, 1.807) is 31.2 Å². The average molecular weight is 263 g/mol. The summed E-state index contributed by atoms with van der Waals surface area (Å²) >= 11 is 0. The van der Waals surface area contributed by atoms with Crippen LogP contribution in [0.1, 0.15) is 18.7 Å². The normalized spacial score (nSPS) is 11.9. The fraction of sp³-hybridized carbons (Fsp3) is 0.214. The standard InChI is InChI=1S/C14H14FNO3/c1-10(12-7-4-8-18-12)16-14(17)9-19-13-6-3-2-5-11(13)15/h2-8,10H,9H2,1H3,(H,16,17)/t10-/m0/s1. The lowest BCUT2D eigenvalue weighted by atomic mass is 10.2. The van der Waals surface area contributed by atoms with E-state index < -0.39 is 5.82 Å². The summed E-state index contributed by atoms with van der Waals surface area (Å²) in [5.41, 5.74) is 0. The zero-order chi connectivity index (χ0) is 13.7. The number of hydrogen-bond donors (Lipinski definition) is 1. The molecule has 2 aromatic rings. The van der Waals surface area contributed by atoms with E-state index >= 15 is 0 Å². The van der Waals surface area contributed by atoms with Crippen LogP contribution in [0.4, 0.5) is 4.39 Å². The maximum absolute atomic E-state index is 13.3. The van der Waals surface area contributed by atoms with Crippen molar-refractivity contribution in [1.29, 1.82) is 0 Å². The molecule has 1 aromatic heterocycles. The average Bonchev–Trinajstić information content (AvgIpc) is 2.91. The lowest BCUT2D eigenvalue weighted by molar-refractivity contribution is -0.123. The maximum atomic E-state index is 13.3. The van der Waals surface area contributed by atoms with Crippen LogP contribution < -0.4 is 10.1 Å². The summed E-state index contributed by atoms with van der Waals surface area (Å²) in [6, 6.07) is 9.20. The third-order valence-electron chi connectivity index (χ3n) is 2.54. The SMILES string of the molecule is C[C@H](NC(=O)COc1ccccc1F)c1ccco1. The van der Waals surface area contributed by atoms with Crippen LogP contribution in [-0.4, -0.2) is 12.5 Å². The molecule has 5 heteroatoms. The van der Waals surface area contributed by atoms with Crippen LogP contribution in [0.5, 0.6) is 5.75 Å². The van der Waals surface area contributed by atoms with Gasteiger partial charge in [-0.25, -0.2) is 4.39 Å². The molecular weight excluding hydrogens is 249 g/mol. The number of benzene rings is 1. The number of carbonyl (C=O) groups is 1. The van der Waals surface area contributed by atoms with E-state index in [0.29, 0.717) is 5.76 Å². The van der Waals surface area contributed by atoms with Gasteiger partial charge < -0.3 is 14.5 Å².